The number of carbonyl (C=O) groups excluding carboxylic acids is 2. The summed E-state index contributed by atoms with van der Waals surface area (Å²) in [6.07, 6.45) is 25.6. The molecule has 0 N–H and O–H groups in total. The average molecular weight is 452 g/mol. The van der Waals surface area contributed by atoms with E-state index in [1.165, 1.54) is 89.9 Å². The lowest BCUT2D eigenvalue weighted by molar-refractivity contribution is -0.153. The number of unbranched alkanes of at least 4 members (excludes halogenated alkanes) is 16. The van der Waals surface area contributed by atoms with Crippen LogP contribution in [0.3, 0.4) is 0 Å². The normalized spacial score (nSPS) is 15.9. The van der Waals surface area contributed by atoms with Crippen LogP contribution in [-0.4, -0.2) is 36.0 Å². The van der Waals surface area contributed by atoms with Crippen molar-refractivity contribution in [2.75, 3.05) is 13.2 Å². The van der Waals surface area contributed by atoms with Gasteiger partial charge in [0.25, 0.3) is 0 Å². The Hall–Kier alpha value is -1.06. The second-order valence-electron chi connectivity index (χ2n) is 9.82. The van der Waals surface area contributed by atoms with E-state index in [4.69, 9.17) is 4.74 Å². The third-order valence-corrected chi connectivity index (χ3v) is 6.83. The van der Waals surface area contributed by atoms with Gasteiger partial charge in [0.05, 0.1) is 6.61 Å². The smallest absolute Gasteiger partial charge is 0.328 e. The van der Waals surface area contributed by atoms with E-state index in [9.17, 15) is 9.59 Å². The van der Waals surface area contributed by atoms with Crippen LogP contribution in [0, 0.1) is 0 Å². The van der Waals surface area contributed by atoms with Crippen LogP contribution in [0.1, 0.15) is 149 Å². The summed E-state index contributed by atoms with van der Waals surface area (Å²) in [5.74, 6) is -0.0676. The molecule has 1 unspecified atom stereocenters. The fraction of sp³-hybridized carbons (Fsp3) is 0.929. The molecule has 1 aliphatic heterocycles. The topological polar surface area (TPSA) is 46.6 Å². The van der Waals surface area contributed by atoms with E-state index >= 15 is 0 Å². The van der Waals surface area contributed by atoms with E-state index < -0.39 is 0 Å². The molecule has 32 heavy (non-hydrogen) atoms. The molecule has 4 nitrogen and oxygen atoms in total. The molecule has 1 saturated heterocycles. The van der Waals surface area contributed by atoms with Gasteiger partial charge < -0.3 is 9.64 Å². The molecule has 1 atom stereocenters. The minimum Gasteiger partial charge on any atom is -0.464 e. The maximum atomic E-state index is 12.4. The molecule has 0 aromatic carbocycles. The Kier molecular flexibility index (Phi) is 18.6. The Bertz CT molecular complexity index is 466. The zero-order valence-electron chi connectivity index (χ0n) is 21.5. The summed E-state index contributed by atoms with van der Waals surface area (Å²) < 4.78 is 5.50. The molecule has 1 heterocycles. The number of hydrogen-bond acceptors (Lipinski definition) is 3. The lowest BCUT2D eigenvalue weighted by Crippen LogP contribution is -2.41. The summed E-state index contributed by atoms with van der Waals surface area (Å²) in [5, 5.41) is 0. The molecular weight excluding hydrogens is 398 g/mol. The molecule has 0 aromatic heterocycles. The van der Waals surface area contributed by atoms with E-state index in [1.54, 1.807) is 4.90 Å². The van der Waals surface area contributed by atoms with Crippen LogP contribution in [0.2, 0.25) is 0 Å². The third kappa shape index (κ3) is 14.2. The Morgan fingerprint density at radius 3 is 1.66 bits per heavy atom. The lowest BCUT2D eigenvalue weighted by Gasteiger charge is -2.23. The highest BCUT2D eigenvalue weighted by Crippen LogP contribution is 2.20. The number of carbonyl (C=O) groups is 2. The summed E-state index contributed by atoms with van der Waals surface area (Å²) >= 11 is 0. The molecule has 0 spiro atoms. The van der Waals surface area contributed by atoms with Crippen molar-refractivity contribution < 1.29 is 14.3 Å². The number of hydrogen-bond donors (Lipinski definition) is 0. The highest BCUT2D eigenvalue weighted by atomic mass is 16.5. The molecule has 1 fully saturated rings. The van der Waals surface area contributed by atoms with Gasteiger partial charge in [-0.15, -0.1) is 0 Å². The largest absolute Gasteiger partial charge is 0.464 e. The zero-order chi connectivity index (χ0) is 23.3. The van der Waals surface area contributed by atoms with Crippen LogP contribution in [0.5, 0.6) is 0 Å². The van der Waals surface area contributed by atoms with Gasteiger partial charge in [0.1, 0.15) is 6.04 Å². The third-order valence-electron chi connectivity index (χ3n) is 6.83. The van der Waals surface area contributed by atoms with Crippen molar-refractivity contribution in [2.45, 2.75) is 155 Å². The minimum atomic E-state index is -0.333. The standard InChI is InChI=1S/C28H53NO3/c1-3-5-7-8-9-10-11-12-13-14-15-16-17-18-19-20-25-32-28(31)26-22-21-24-29(26)27(30)23-6-4-2/h26H,3-25H2,1-2H3. The van der Waals surface area contributed by atoms with Gasteiger partial charge in [-0.05, 0) is 25.7 Å². The van der Waals surface area contributed by atoms with Gasteiger partial charge in [-0.25, -0.2) is 4.79 Å². The van der Waals surface area contributed by atoms with Crippen LogP contribution in [0.25, 0.3) is 0 Å². The van der Waals surface area contributed by atoms with Gasteiger partial charge in [-0.3, -0.25) is 4.79 Å². The number of rotatable bonds is 21. The van der Waals surface area contributed by atoms with Gasteiger partial charge in [-0.1, -0.05) is 117 Å². The van der Waals surface area contributed by atoms with Gasteiger partial charge in [0.2, 0.25) is 5.91 Å². The number of esters is 1. The van der Waals surface area contributed by atoms with E-state index in [-0.39, 0.29) is 17.9 Å². The molecule has 0 aliphatic carbocycles. The van der Waals surface area contributed by atoms with E-state index in [2.05, 4.69) is 13.8 Å². The van der Waals surface area contributed by atoms with Crippen molar-refractivity contribution in [2.24, 2.45) is 0 Å². The molecule has 0 saturated carbocycles. The summed E-state index contributed by atoms with van der Waals surface area (Å²) in [6.45, 7) is 5.58. The monoisotopic (exact) mass is 451 g/mol. The Balaban J connectivity index is 1.88. The first-order chi connectivity index (χ1) is 15.7. The predicted molar refractivity (Wildman–Crippen MR) is 135 cm³/mol. The van der Waals surface area contributed by atoms with Crippen molar-refractivity contribution in [3.63, 3.8) is 0 Å². The van der Waals surface area contributed by atoms with Gasteiger partial charge in [-0.2, -0.15) is 0 Å². The summed E-state index contributed by atoms with van der Waals surface area (Å²) in [4.78, 5) is 26.4. The summed E-state index contributed by atoms with van der Waals surface area (Å²) in [6, 6.07) is -0.333. The van der Waals surface area contributed by atoms with Crippen molar-refractivity contribution in [1.82, 2.24) is 4.90 Å². The number of ether oxygens (including phenoxy) is 1. The van der Waals surface area contributed by atoms with Crippen LogP contribution in [-0.2, 0) is 14.3 Å². The van der Waals surface area contributed by atoms with Crippen LogP contribution in [0.4, 0.5) is 0 Å². The molecule has 1 aliphatic rings. The van der Waals surface area contributed by atoms with Crippen molar-refractivity contribution in [3.05, 3.63) is 0 Å². The molecule has 0 aromatic rings. The number of amides is 1. The summed E-state index contributed by atoms with van der Waals surface area (Å²) in [7, 11) is 0. The van der Waals surface area contributed by atoms with E-state index in [1.807, 2.05) is 0 Å². The van der Waals surface area contributed by atoms with E-state index in [0.717, 1.165) is 38.5 Å². The molecule has 1 amide bonds. The molecule has 0 bridgehead atoms. The molecular formula is C28H53NO3. The Morgan fingerprint density at radius 2 is 1.16 bits per heavy atom. The van der Waals surface area contributed by atoms with Gasteiger partial charge >= 0.3 is 5.97 Å². The van der Waals surface area contributed by atoms with Crippen LogP contribution in [0.15, 0.2) is 0 Å². The first-order valence-corrected chi connectivity index (χ1v) is 14.2. The molecule has 0 radical (unpaired) electrons. The SMILES string of the molecule is CCCCCCCCCCCCCCCCCCOC(=O)C1CCCN1C(=O)CCCC. The first-order valence-electron chi connectivity index (χ1n) is 14.2. The maximum absolute atomic E-state index is 12.4. The Labute approximate surface area is 199 Å². The molecule has 1 rings (SSSR count). The van der Waals surface area contributed by atoms with Crippen LogP contribution >= 0.6 is 0 Å². The predicted octanol–water partition coefficient (Wildman–Crippen LogP) is 7.97. The zero-order valence-corrected chi connectivity index (χ0v) is 21.5. The van der Waals surface area contributed by atoms with Crippen molar-refractivity contribution in [1.29, 1.82) is 0 Å². The lowest BCUT2D eigenvalue weighted by atomic mass is 10.0. The second kappa shape index (κ2) is 20.5. The van der Waals surface area contributed by atoms with Crippen LogP contribution < -0.4 is 0 Å². The quantitative estimate of drug-likeness (QED) is 0.131. The van der Waals surface area contributed by atoms with E-state index in [0.29, 0.717) is 19.6 Å². The highest BCUT2D eigenvalue weighted by molar-refractivity contribution is 5.85. The Morgan fingerprint density at radius 1 is 0.688 bits per heavy atom. The average Bonchev–Trinajstić information content (AvgIpc) is 3.29. The highest BCUT2D eigenvalue weighted by Gasteiger charge is 2.34. The maximum Gasteiger partial charge on any atom is 0.328 e. The van der Waals surface area contributed by atoms with Crippen molar-refractivity contribution in [3.8, 4) is 0 Å². The van der Waals surface area contributed by atoms with Gasteiger partial charge in [0, 0.05) is 13.0 Å². The number of nitrogens with zero attached hydrogens (tertiary/aromatic N) is 1. The van der Waals surface area contributed by atoms with Crippen molar-refractivity contribution >= 4 is 11.9 Å². The first kappa shape index (κ1) is 29.0. The fourth-order valence-electron chi connectivity index (χ4n) is 4.70. The molecule has 4 heteroatoms. The van der Waals surface area contributed by atoms with Gasteiger partial charge in [0.15, 0.2) is 0 Å². The second-order valence-corrected chi connectivity index (χ2v) is 9.82. The minimum absolute atomic E-state index is 0.119. The fourth-order valence-corrected chi connectivity index (χ4v) is 4.70. The number of likely N-dealkylation sites (tertiary alicyclic amines) is 1. The summed E-state index contributed by atoms with van der Waals surface area (Å²) in [5.41, 5.74) is 0. The molecule has 188 valence electrons.